The van der Waals surface area contributed by atoms with Gasteiger partial charge in [0.05, 0.1) is 17.9 Å². The Hall–Kier alpha value is -2.63. The Labute approximate surface area is 206 Å². The minimum Gasteiger partial charge on any atom is -0.333 e. The minimum atomic E-state index is -0.190. The van der Waals surface area contributed by atoms with Gasteiger partial charge in [0, 0.05) is 24.4 Å². The van der Waals surface area contributed by atoms with E-state index in [1.165, 1.54) is 25.7 Å². The van der Waals surface area contributed by atoms with Gasteiger partial charge in [-0.2, -0.15) is 5.10 Å². The third-order valence-electron chi connectivity index (χ3n) is 5.96. The van der Waals surface area contributed by atoms with Gasteiger partial charge in [0.15, 0.2) is 0 Å². The molecule has 0 aliphatic rings. The van der Waals surface area contributed by atoms with Crippen molar-refractivity contribution in [1.82, 2.24) is 14.7 Å². The van der Waals surface area contributed by atoms with Gasteiger partial charge in [0.25, 0.3) is 0 Å². The molecule has 0 aliphatic carbocycles. The molecule has 2 rings (SSSR count). The maximum Gasteiger partial charge on any atom is 0.245 e. The summed E-state index contributed by atoms with van der Waals surface area (Å²) in [6.45, 7) is 11.3. The Kier molecular flexibility index (Phi) is 11.3. The molecule has 0 atom stereocenters. The van der Waals surface area contributed by atoms with E-state index >= 15 is 0 Å². The molecule has 0 aliphatic heterocycles. The third kappa shape index (κ3) is 8.96. The summed E-state index contributed by atoms with van der Waals surface area (Å²) in [6, 6.07) is 11.7. The molecule has 0 spiro atoms. The summed E-state index contributed by atoms with van der Waals surface area (Å²) in [4.78, 5) is 27.6. The molecule has 0 fully saturated rings. The van der Waals surface area contributed by atoms with Gasteiger partial charge in [-0.3, -0.25) is 9.59 Å². The van der Waals surface area contributed by atoms with Crippen LogP contribution in [0.3, 0.4) is 0 Å². The Bertz CT molecular complexity index is 884. The lowest BCUT2D eigenvalue weighted by Crippen LogP contribution is -2.38. The average molecular weight is 469 g/mol. The van der Waals surface area contributed by atoms with Crippen molar-refractivity contribution in [2.45, 2.75) is 97.8 Å². The van der Waals surface area contributed by atoms with Crippen LogP contribution in [-0.4, -0.2) is 39.6 Å². The second-order valence-electron chi connectivity index (χ2n) is 10.1. The second-order valence-corrected chi connectivity index (χ2v) is 10.1. The largest absolute Gasteiger partial charge is 0.333 e. The van der Waals surface area contributed by atoms with Crippen LogP contribution in [0, 0.1) is 0 Å². The molecule has 6 nitrogen and oxygen atoms in total. The standard InChI is InChI=1S/C28H44N4O2/c1-6-8-10-11-12-16-19-27(34)31(20-9-7-2)22-26(33)29-25-21-24(28(3,4)5)30-32(25)23-17-14-13-15-18-23/h13-15,17-18,21H,6-12,16,19-20,22H2,1-5H3,(H,29,33). The monoisotopic (exact) mass is 468 g/mol. The van der Waals surface area contributed by atoms with Crippen LogP contribution in [0.15, 0.2) is 36.4 Å². The van der Waals surface area contributed by atoms with Gasteiger partial charge in [-0.1, -0.05) is 91.3 Å². The van der Waals surface area contributed by atoms with Crippen LogP contribution in [0.4, 0.5) is 5.82 Å². The zero-order valence-electron chi connectivity index (χ0n) is 21.9. The highest BCUT2D eigenvalue weighted by atomic mass is 16.2. The van der Waals surface area contributed by atoms with Crippen molar-refractivity contribution in [3.63, 3.8) is 0 Å². The lowest BCUT2D eigenvalue weighted by atomic mass is 9.92. The van der Waals surface area contributed by atoms with E-state index < -0.39 is 0 Å². The highest BCUT2D eigenvalue weighted by molar-refractivity contribution is 5.94. The maximum absolute atomic E-state index is 13.0. The Balaban J connectivity index is 2.07. The summed E-state index contributed by atoms with van der Waals surface area (Å²) in [7, 11) is 0. The molecular weight excluding hydrogens is 424 g/mol. The number of anilines is 1. The molecule has 1 aromatic carbocycles. The number of aromatic nitrogens is 2. The van der Waals surface area contributed by atoms with Crippen molar-refractivity contribution >= 4 is 17.6 Å². The Morgan fingerprint density at radius 1 is 0.941 bits per heavy atom. The number of hydrogen-bond donors (Lipinski definition) is 1. The van der Waals surface area contributed by atoms with Gasteiger partial charge in [-0.15, -0.1) is 0 Å². The molecule has 1 aromatic heterocycles. The van der Waals surface area contributed by atoms with Gasteiger partial charge >= 0.3 is 0 Å². The number of unbranched alkanes of at least 4 members (excludes halogenated alkanes) is 6. The lowest BCUT2D eigenvalue weighted by molar-refractivity contribution is -0.134. The number of para-hydroxylation sites is 1. The molecule has 0 unspecified atom stereocenters. The third-order valence-corrected chi connectivity index (χ3v) is 5.96. The number of rotatable bonds is 14. The summed E-state index contributed by atoms with van der Waals surface area (Å²) in [5.74, 6) is 0.510. The van der Waals surface area contributed by atoms with Crippen LogP contribution in [0.2, 0.25) is 0 Å². The molecule has 2 aromatic rings. The summed E-state index contributed by atoms with van der Waals surface area (Å²) in [5.41, 5.74) is 1.63. The van der Waals surface area contributed by atoms with Crippen LogP contribution < -0.4 is 5.32 Å². The molecule has 1 N–H and O–H groups in total. The number of nitrogens with one attached hydrogen (secondary N) is 1. The molecule has 34 heavy (non-hydrogen) atoms. The number of nitrogens with zero attached hydrogens (tertiary/aromatic N) is 3. The van der Waals surface area contributed by atoms with E-state index in [0.717, 1.165) is 37.1 Å². The highest BCUT2D eigenvalue weighted by Gasteiger charge is 2.23. The van der Waals surface area contributed by atoms with E-state index in [4.69, 9.17) is 5.10 Å². The van der Waals surface area contributed by atoms with Crippen LogP contribution in [0.1, 0.15) is 98.1 Å². The molecular formula is C28H44N4O2. The second kappa shape index (κ2) is 13.9. The van der Waals surface area contributed by atoms with Crippen molar-refractivity contribution in [3.8, 4) is 5.69 Å². The first-order valence-corrected chi connectivity index (χ1v) is 13.0. The Morgan fingerprint density at radius 2 is 1.59 bits per heavy atom. The summed E-state index contributed by atoms with van der Waals surface area (Å²) in [5, 5.41) is 7.78. The fourth-order valence-corrected chi connectivity index (χ4v) is 3.81. The quantitative estimate of drug-likeness (QED) is 0.322. The minimum absolute atomic E-state index is 0.0689. The van der Waals surface area contributed by atoms with E-state index in [0.29, 0.717) is 18.8 Å². The molecule has 0 radical (unpaired) electrons. The van der Waals surface area contributed by atoms with Crippen molar-refractivity contribution in [2.75, 3.05) is 18.4 Å². The normalized spacial score (nSPS) is 11.4. The molecule has 2 amide bonds. The van der Waals surface area contributed by atoms with Crippen LogP contribution >= 0.6 is 0 Å². The maximum atomic E-state index is 13.0. The predicted octanol–water partition coefficient (Wildman–Crippen LogP) is 6.49. The zero-order valence-corrected chi connectivity index (χ0v) is 21.9. The van der Waals surface area contributed by atoms with Crippen LogP contribution in [-0.2, 0) is 15.0 Å². The molecule has 6 heteroatoms. The summed E-state index contributed by atoms with van der Waals surface area (Å²) < 4.78 is 1.77. The number of benzene rings is 1. The predicted molar refractivity (Wildman–Crippen MR) is 140 cm³/mol. The van der Waals surface area contributed by atoms with Crippen molar-refractivity contribution in [2.24, 2.45) is 0 Å². The number of hydrogen-bond acceptors (Lipinski definition) is 3. The molecule has 188 valence electrons. The topological polar surface area (TPSA) is 67.2 Å². The first-order chi connectivity index (χ1) is 16.3. The summed E-state index contributed by atoms with van der Waals surface area (Å²) in [6.07, 6.45) is 9.25. The van der Waals surface area contributed by atoms with E-state index in [9.17, 15) is 9.59 Å². The van der Waals surface area contributed by atoms with Gasteiger partial charge in [0.2, 0.25) is 11.8 Å². The number of carbonyl (C=O) groups is 2. The number of amides is 2. The van der Waals surface area contributed by atoms with Gasteiger partial charge in [-0.05, 0) is 25.0 Å². The first-order valence-electron chi connectivity index (χ1n) is 13.0. The van der Waals surface area contributed by atoms with Crippen molar-refractivity contribution in [1.29, 1.82) is 0 Å². The van der Waals surface area contributed by atoms with E-state index in [2.05, 4.69) is 39.9 Å². The highest BCUT2D eigenvalue weighted by Crippen LogP contribution is 2.26. The zero-order chi connectivity index (χ0) is 25.0. The lowest BCUT2D eigenvalue weighted by Gasteiger charge is -2.22. The van der Waals surface area contributed by atoms with E-state index in [1.807, 2.05) is 36.4 Å². The first kappa shape index (κ1) is 27.6. The van der Waals surface area contributed by atoms with Gasteiger partial charge < -0.3 is 10.2 Å². The van der Waals surface area contributed by atoms with E-state index in [1.54, 1.807) is 9.58 Å². The number of carbonyl (C=O) groups excluding carboxylic acids is 2. The van der Waals surface area contributed by atoms with Crippen molar-refractivity contribution in [3.05, 3.63) is 42.1 Å². The van der Waals surface area contributed by atoms with E-state index in [-0.39, 0.29) is 23.8 Å². The molecule has 0 bridgehead atoms. The fraction of sp³-hybridized carbons (Fsp3) is 0.607. The summed E-state index contributed by atoms with van der Waals surface area (Å²) >= 11 is 0. The molecule has 0 saturated heterocycles. The Morgan fingerprint density at radius 3 is 2.24 bits per heavy atom. The van der Waals surface area contributed by atoms with Crippen LogP contribution in [0.5, 0.6) is 0 Å². The molecule has 1 heterocycles. The smallest absolute Gasteiger partial charge is 0.245 e. The SMILES string of the molecule is CCCCCCCCC(=O)N(CCCC)CC(=O)Nc1cc(C(C)(C)C)nn1-c1ccccc1. The van der Waals surface area contributed by atoms with Gasteiger partial charge in [-0.25, -0.2) is 4.68 Å². The fourth-order valence-electron chi connectivity index (χ4n) is 3.81. The van der Waals surface area contributed by atoms with Gasteiger partial charge in [0.1, 0.15) is 5.82 Å². The average Bonchev–Trinajstić information content (AvgIpc) is 3.23. The molecule has 0 saturated carbocycles. The van der Waals surface area contributed by atoms with Crippen molar-refractivity contribution < 1.29 is 9.59 Å². The van der Waals surface area contributed by atoms with Crippen LogP contribution in [0.25, 0.3) is 5.69 Å².